The second-order valence-corrected chi connectivity index (χ2v) is 7.96. The molecule has 0 amide bonds. The summed E-state index contributed by atoms with van der Waals surface area (Å²) in [5.74, 6) is 0.809. The van der Waals surface area contributed by atoms with E-state index in [0.29, 0.717) is 0 Å². The Kier molecular flexibility index (Phi) is 5.12. The van der Waals surface area contributed by atoms with Crippen molar-refractivity contribution in [3.63, 3.8) is 0 Å². The second kappa shape index (κ2) is 8.20. The number of thiazole rings is 1. The van der Waals surface area contributed by atoms with E-state index in [1.807, 2.05) is 36.7 Å². The summed E-state index contributed by atoms with van der Waals surface area (Å²) in [4.78, 5) is 21.4. The minimum Gasteiger partial charge on any atom is -0.316 e. The largest absolute Gasteiger partial charge is 0.316 e. The lowest BCUT2D eigenvalue weighted by Gasteiger charge is -2.27. The number of fused-ring (bicyclic) bond motifs is 1. The molecule has 0 unspecified atom stereocenters. The summed E-state index contributed by atoms with van der Waals surface area (Å²) in [5, 5.41) is 7.53. The van der Waals surface area contributed by atoms with Crippen LogP contribution in [-0.2, 0) is 6.54 Å². The highest BCUT2D eigenvalue weighted by molar-refractivity contribution is 7.21. The molecule has 1 fully saturated rings. The number of nitrogens with one attached hydrogen (secondary N) is 2. The predicted molar refractivity (Wildman–Crippen MR) is 116 cm³/mol. The van der Waals surface area contributed by atoms with Gasteiger partial charge in [-0.1, -0.05) is 11.3 Å². The fraction of sp³-hybridized carbons (Fsp3) is 0.238. The smallest absolute Gasteiger partial charge is 0.190 e. The SMILES string of the molecule is c1cncc(-c2ccc3nc(Nc4cc(CN5CCNCC5)ccn4)sc3n2)c1. The zero-order valence-corrected chi connectivity index (χ0v) is 16.7. The van der Waals surface area contributed by atoms with Gasteiger partial charge in [0.25, 0.3) is 0 Å². The van der Waals surface area contributed by atoms with E-state index < -0.39 is 0 Å². The number of hydrogen-bond acceptors (Lipinski definition) is 8. The van der Waals surface area contributed by atoms with E-state index >= 15 is 0 Å². The lowest BCUT2D eigenvalue weighted by Crippen LogP contribution is -2.42. The number of rotatable bonds is 5. The van der Waals surface area contributed by atoms with Gasteiger partial charge in [0.2, 0.25) is 0 Å². The monoisotopic (exact) mass is 403 g/mol. The average molecular weight is 404 g/mol. The molecule has 7 nitrogen and oxygen atoms in total. The molecule has 5 rings (SSSR count). The quantitative estimate of drug-likeness (QED) is 0.529. The molecular weight excluding hydrogens is 382 g/mol. The van der Waals surface area contributed by atoms with Gasteiger partial charge in [-0.25, -0.2) is 15.0 Å². The van der Waals surface area contributed by atoms with Crippen molar-refractivity contribution in [1.82, 2.24) is 30.2 Å². The van der Waals surface area contributed by atoms with Gasteiger partial charge in [0, 0.05) is 56.9 Å². The Morgan fingerprint density at radius 2 is 2.00 bits per heavy atom. The molecule has 29 heavy (non-hydrogen) atoms. The molecule has 0 bridgehead atoms. The molecule has 0 saturated carbocycles. The number of aromatic nitrogens is 4. The van der Waals surface area contributed by atoms with Crippen molar-refractivity contribution in [1.29, 1.82) is 0 Å². The van der Waals surface area contributed by atoms with Crippen LogP contribution in [0.2, 0.25) is 0 Å². The van der Waals surface area contributed by atoms with Crippen molar-refractivity contribution in [2.75, 3.05) is 31.5 Å². The molecule has 5 heterocycles. The van der Waals surface area contributed by atoms with Crippen LogP contribution in [0.4, 0.5) is 10.9 Å². The van der Waals surface area contributed by atoms with Crippen molar-refractivity contribution >= 4 is 32.6 Å². The fourth-order valence-corrected chi connectivity index (χ4v) is 4.27. The molecule has 0 spiro atoms. The Bertz CT molecular complexity index is 1110. The maximum absolute atomic E-state index is 4.75. The highest BCUT2D eigenvalue weighted by Gasteiger charge is 2.11. The second-order valence-electron chi connectivity index (χ2n) is 6.98. The van der Waals surface area contributed by atoms with Crippen LogP contribution in [0.25, 0.3) is 21.6 Å². The molecule has 4 aromatic rings. The number of hydrogen-bond donors (Lipinski definition) is 2. The zero-order chi connectivity index (χ0) is 19.5. The van der Waals surface area contributed by atoms with E-state index in [-0.39, 0.29) is 0 Å². The van der Waals surface area contributed by atoms with Crippen molar-refractivity contribution < 1.29 is 0 Å². The molecular formula is C21H21N7S. The average Bonchev–Trinajstić information content (AvgIpc) is 3.17. The predicted octanol–water partition coefficient (Wildman–Crippen LogP) is 3.30. The Hall–Kier alpha value is -2.94. The molecule has 0 aliphatic carbocycles. The van der Waals surface area contributed by atoms with Crippen LogP contribution in [0.15, 0.2) is 55.0 Å². The third-order valence-corrected chi connectivity index (χ3v) is 5.77. The Labute approximate surface area is 172 Å². The van der Waals surface area contributed by atoms with Gasteiger partial charge in [0.05, 0.1) is 5.69 Å². The third kappa shape index (κ3) is 4.24. The maximum atomic E-state index is 4.75. The third-order valence-electron chi connectivity index (χ3n) is 4.89. The normalized spacial score (nSPS) is 14.9. The minimum absolute atomic E-state index is 0.794. The number of pyridine rings is 3. The van der Waals surface area contributed by atoms with Gasteiger partial charge in [-0.05, 0) is 42.0 Å². The summed E-state index contributed by atoms with van der Waals surface area (Å²) in [6.45, 7) is 5.20. The Morgan fingerprint density at radius 1 is 1.07 bits per heavy atom. The summed E-state index contributed by atoms with van der Waals surface area (Å²) in [6.07, 6.45) is 5.44. The first-order chi connectivity index (χ1) is 14.3. The molecule has 0 radical (unpaired) electrons. The molecule has 1 aliphatic rings. The number of nitrogens with zero attached hydrogens (tertiary/aromatic N) is 5. The zero-order valence-electron chi connectivity index (χ0n) is 15.9. The molecule has 0 atom stereocenters. The standard InChI is InChI=1S/C21H21N7S/c1-2-16(13-23-6-1)17-3-4-18-20(25-17)29-21(26-18)27-19-12-15(5-7-24-19)14-28-10-8-22-9-11-28/h1-7,12-13,22H,8-11,14H2,(H,24,26,27). The van der Waals surface area contributed by atoms with Crippen LogP contribution < -0.4 is 10.6 Å². The number of piperazine rings is 1. The van der Waals surface area contributed by atoms with Gasteiger partial charge >= 0.3 is 0 Å². The van der Waals surface area contributed by atoms with Crippen LogP contribution >= 0.6 is 11.3 Å². The summed E-state index contributed by atoms with van der Waals surface area (Å²) in [6, 6.07) is 12.1. The van der Waals surface area contributed by atoms with Crippen LogP contribution in [0, 0.1) is 0 Å². The molecule has 4 aromatic heterocycles. The van der Waals surface area contributed by atoms with E-state index in [1.165, 1.54) is 16.9 Å². The Morgan fingerprint density at radius 3 is 2.86 bits per heavy atom. The van der Waals surface area contributed by atoms with Crippen molar-refractivity contribution in [2.45, 2.75) is 6.54 Å². The van der Waals surface area contributed by atoms with E-state index in [2.05, 4.69) is 42.6 Å². The van der Waals surface area contributed by atoms with Gasteiger partial charge in [-0.3, -0.25) is 9.88 Å². The summed E-state index contributed by atoms with van der Waals surface area (Å²) >= 11 is 1.53. The van der Waals surface area contributed by atoms with Crippen molar-refractivity contribution in [3.05, 3.63) is 60.6 Å². The van der Waals surface area contributed by atoms with Crippen molar-refractivity contribution in [3.8, 4) is 11.3 Å². The summed E-state index contributed by atoms with van der Waals surface area (Å²) < 4.78 is 0. The number of anilines is 2. The highest BCUT2D eigenvalue weighted by Crippen LogP contribution is 2.29. The summed E-state index contributed by atoms with van der Waals surface area (Å²) in [5.41, 5.74) is 4.03. The molecule has 146 valence electrons. The molecule has 2 N–H and O–H groups in total. The Balaban J connectivity index is 1.34. The van der Waals surface area contributed by atoms with Gasteiger partial charge in [0.15, 0.2) is 5.13 Å². The van der Waals surface area contributed by atoms with Crippen LogP contribution in [0.3, 0.4) is 0 Å². The van der Waals surface area contributed by atoms with Gasteiger partial charge in [-0.2, -0.15) is 0 Å². The molecule has 8 heteroatoms. The first-order valence-electron chi connectivity index (χ1n) is 9.66. The lowest BCUT2D eigenvalue weighted by atomic mass is 10.2. The van der Waals surface area contributed by atoms with Gasteiger partial charge in [-0.15, -0.1) is 0 Å². The van der Waals surface area contributed by atoms with Crippen LogP contribution in [0.5, 0.6) is 0 Å². The fourth-order valence-electron chi connectivity index (χ4n) is 3.42. The lowest BCUT2D eigenvalue weighted by molar-refractivity contribution is 0.233. The van der Waals surface area contributed by atoms with Crippen LogP contribution in [-0.4, -0.2) is 51.0 Å². The maximum Gasteiger partial charge on any atom is 0.190 e. The highest BCUT2D eigenvalue weighted by atomic mass is 32.1. The topological polar surface area (TPSA) is 78.9 Å². The summed E-state index contributed by atoms with van der Waals surface area (Å²) in [7, 11) is 0. The molecule has 0 aromatic carbocycles. The molecule has 1 saturated heterocycles. The van der Waals surface area contributed by atoms with E-state index in [9.17, 15) is 0 Å². The van der Waals surface area contributed by atoms with Gasteiger partial charge < -0.3 is 10.6 Å². The van der Waals surface area contributed by atoms with E-state index in [4.69, 9.17) is 4.98 Å². The van der Waals surface area contributed by atoms with Gasteiger partial charge in [0.1, 0.15) is 16.2 Å². The van der Waals surface area contributed by atoms with Crippen LogP contribution in [0.1, 0.15) is 5.56 Å². The minimum atomic E-state index is 0.794. The van der Waals surface area contributed by atoms with E-state index in [0.717, 1.165) is 65.3 Å². The first kappa shape index (κ1) is 18.1. The van der Waals surface area contributed by atoms with E-state index in [1.54, 1.807) is 6.20 Å². The molecule has 1 aliphatic heterocycles. The van der Waals surface area contributed by atoms with Crippen molar-refractivity contribution in [2.24, 2.45) is 0 Å². The first-order valence-corrected chi connectivity index (χ1v) is 10.5.